The number of esters is 1. The molecule has 0 spiro atoms. The molecule has 1 atom stereocenters. The molecule has 4 heteroatoms. The van der Waals surface area contributed by atoms with Crippen LogP contribution in [0.2, 0.25) is 0 Å². The minimum absolute atomic E-state index is 0.0788. The van der Waals surface area contributed by atoms with Gasteiger partial charge < -0.3 is 4.74 Å². The highest BCUT2D eigenvalue weighted by Crippen LogP contribution is 2.35. The van der Waals surface area contributed by atoms with E-state index in [0.29, 0.717) is 6.61 Å². The Labute approximate surface area is 67.8 Å². The Kier molecular flexibility index (Phi) is 3.15. The van der Waals surface area contributed by atoms with Crippen LogP contribution in [-0.4, -0.2) is 17.8 Å². The second-order valence-corrected chi connectivity index (χ2v) is 4.01. The van der Waals surface area contributed by atoms with Crippen LogP contribution in [0.15, 0.2) is 11.5 Å². The van der Waals surface area contributed by atoms with Gasteiger partial charge in [-0.3, -0.25) is 4.79 Å². The number of ether oxygens (including phenoxy) is 1. The molecule has 0 N–H and O–H groups in total. The van der Waals surface area contributed by atoms with E-state index in [1.54, 1.807) is 10.8 Å². The first-order valence-electron chi connectivity index (χ1n) is 3.00. The Morgan fingerprint density at radius 2 is 2.60 bits per heavy atom. The van der Waals surface area contributed by atoms with Gasteiger partial charge in [0.2, 0.25) is 0 Å². The van der Waals surface area contributed by atoms with Crippen LogP contribution in [0.25, 0.3) is 0 Å². The topological polar surface area (TPSA) is 26.3 Å². The molecule has 1 aliphatic rings. The molecular weight excluding hydrogens is 168 g/mol. The zero-order valence-electron chi connectivity index (χ0n) is 5.57. The van der Waals surface area contributed by atoms with E-state index < -0.39 is 0 Å². The van der Waals surface area contributed by atoms with Crippen LogP contribution < -0.4 is 0 Å². The van der Waals surface area contributed by atoms with Gasteiger partial charge in [0.1, 0.15) is 5.25 Å². The molecule has 56 valence electrons. The van der Waals surface area contributed by atoms with E-state index in [0.717, 1.165) is 0 Å². The average Bonchev–Trinajstić information content (AvgIpc) is 2.38. The fraction of sp³-hybridized carbons (Fsp3) is 0.500. The first-order valence-corrected chi connectivity index (χ1v) is 5.27. The van der Waals surface area contributed by atoms with E-state index in [1.165, 1.54) is 10.8 Å². The lowest BCUT2D eigenvalue weighted by molar-refractivity contribution is -0.141. The second kappa shape index (κ2) is 3.93. The highest BCUT2D eigenvalue weighted by atomic mass is 33.1. The average molecular weight is 176 g/mol. The Morgan fingerprint density at radius 1 is 1.80 bits per heavy atom. The molecule has 0 aromatic heterocycles. The molecule has 0 bridgehead atoms. The Hall–Kier alpha value is -0.0900. The van der Waals surface area contributed by atoms with Crippen molar-refractivity contribution in [2.45, 2.75) is 12.2 Å². The van der Waals surface area contributed by atoms with Crippen molar-refractivity contribution in [2.24, 2.45) is 0 Å². The maximum absolute atomic E-state index is 10.9. The van der Waals surface area contributed by atoms with Crippen molar-refractivity contribution in [2.75, 3.05) is 6.61 Å². The molecule has 0 saturated carbocycles. The molecule has 1 heterocycles. The van der Waals surface area contributed by atoms with Crippen molar-refractivity contribution in [3.05, 3.63) is 11.5 Å². The normalized spacial score (nSPS) is 23.1. The van der Waals surface area contributed by atoms with E-state index in [9.17, 15) is 4.79 Å². The molecule has 0 saturated heterocycles. The molecule has 2 nitrogen and oxygen atoms in total. The summed E-state index contributed by atoms with van der Waals surface area (Å²) in [6.45, 7) is 2.28. The predicted molar refractivity (Wildman–Crippen MR) is 44.7 cm³/mol. The molecule has 0 aliphatic carbocycles. The molecular formula is C6H8O2S2. The van der Waals surface area contributed by atoms with E-state index in [2.05, 4.69) is 0 Å². The molecule has 0 aromatic rings. The Bertz CT molecular complexity index is 156. The highest BCUT2D eigenvalue weighted by molar-refractivity contribution is 8.78. The van der Waals surface area contributed by atoms with Gasteiger partial charge in [0, 0.05) is 0 Å². The van der Waals surface area contributed by atoms with Crippen molar-refractivity contribution >= 4 is 27.6 Å². The predicted octanol–water partition coefficient (Wildman–Crippen LogP) is 1.83. The molecule has 1 rings (SSSR count). The maximum Gasteiger partial charge on any atom is 0.323 e. The SMILES string of the molecule is CCOC(=O)C1C=CSS1. The summed E-state index contributed by atoms with van der Waals surface area (Å²) in [6, 6.07) is 0. The Balaban J connectivity index is 2.33. The summed E-state index contributed by atoms with van der Waals surface area (Å²) < 4.78 is 4.80. The summed E-state index contributed by atoms with van der Waals surface area (Å²) in [5, 5.41) is 1.83. The maximum atomic E-state index is 10.9. The van der Waals surface area contributed by atoms with Gasteiger partial charge in [0.25, 0.3) is 0 Å². The molecule has 0 fully saturated rings. The fourth-order valence-electron chi connectivity index (χ4n) is 0.570. The monoisotopic (exact) mass is 176 g/mol. The van der Waals surface area contributed by atoms with Crippen molar-refractivity contribution in [1.29, 1.82) is 0 Å². The van der Waals surface area contributed by atoms with Crippen LogP contribution in [-0.2, 0) is 9.53 Å². The van der Waals surface area contributed by atoms with Gasteiger partial charge in [0.15, 0.2) is 0 Å². The van der Waals surface area contributed by atoms with Crippen LogP contribution >= 0.6 is 21.6 Å². The molecule has 0 amide bonds. The molecule has 1 unspecified atom stereocenters. The summed E-state index contributed by atoms with van der Waals surface area (Å²) in [4.78, 5) is 10.9. The van der Waals surface area contributed by atoms with E-state index in [-0.39, 0.29) is 11.2 Å². The summed E-state index contributed by atoms with van der Waals surface area (Å²) in [5.74, 6) is -0.131. The second-order valence-electron chi connectivity index (χ2n) is 1.69. The lowest BCUT2D eigenvalue weighted by atomic mass is 10.4. The highest BCUT2D eigenvalue weighted by Gasteiger charge is 2.20. The van der Waals surface area contributed by atoms with Gasteiger partial charge in [0.05, 0.1) is 6.61 Å². The standard InChI is InChI=1S/C6H8O2S2/c1-2-8-6(7)5-3-4-9-10-5/h3-5H,2H2,1H3. The lowest BCUT2D eigenvalue weighted by Gasteiger charge is -2.03. The van der Waals surface area contributed by atoms with E-state index in [1.807, 2.05) is 18.4 Å². The van der Waals surface area contributed by atoms with Crippen molar-refractivity contribution < 1.29 is 9.53 Å². The minimum atomic E-state index is -0.131. The summed E-state index contributed by atoms with van der Waals surface area (Å²) in [6.07, 6.45) is 1.85. The first-order chi connectivity index (χ1) is 4.84. The van der Waals surface area contributed by atoms with Crippen LogP contribution in [0, 0.1) is 0 Å². The van der Waals surface area contributed by atoms with E-state index in [4.69, 9.17) is 4.74 Å². The number of rotatable bonds is 2. The summed E-state index contributed by atoms with van der Waals surface area (Å²) in [7, 11) is 3.09. The van der Waals surface area contributed by atoms with Crippen LogP contribution in [0.1, 0.15) is 6.92 Å². The number of hydrogen-bond donors (Lipinski definition) is 0. The summed E-state index contributed by atoms with van der Waals surface area (Å²) >= 11 is 0. The number of carbonyl (C=O) groups is 1. The fourth-order valence-corrected chi connectivity index (χ4v) is 2.54. The van der Waals surface area contributed by atoms with Gasteiger partial charge in [-0.2, -0.15) is 0 Å². The van der Waals surface area contributed by atoms with Gasteiger partial charge in [-0.1, -0.05) is 27.7 Å². The molecule has 0 aromatic carbocycles. The zero-order valence-corrected chi connectivity index (χ0v) is 7.21. The molecule has 10 heavy (non-hydrogen) atoms. The largest absolute Gasteiger partial charge is 0.465 e. The Morgan fingerprint density at radius 3 is 3.10 bits per heavy atom. The third kappa shape index (κ3) is 1.95. The first kappa shape index (κ1) is 8.01. The van der Waals surface area contributed by atoms with Gasteiger partial charge in [-0.05, 0) is 12.3 Å². The van der Waals surface area contributed by atoms with E-state index >= 15 is 0 Å². The van der Waals surface area contributed by atoms with Gasteiger partial charge >= 0.3 is 5.97 Å². The minimum Gasteiger partial charge on any atom is -0.465 e. The van der Waals surface area contributed by atoms with Gasteiger partial charge in [-0.25, -0.2) is 0 Å². The van der Waals surface area contributed by atoms with Gasteiger partial charge in [-0.15, -0.1) is 0 Å². The smallest absolute Gasteiger partial charge is 0.323 e. The quantitative estimate of drug-likeness (QED) is 0.473. The van der Waals surface area contributed by atoms with Crippen LogP contribution in [0.3, 0.4) is 0 Å². The zero-order chi connectivity index (χ0) is 7.40. The van der Waals surface area contributed by atoms with Crippen LogP contribution in [0.5, 0.6) is 0 Å². The third-order valence-electron chi connectivity index (χ3n) is 0.987. The number of carbonyl (C=O) groups excluding carboxylic acids is 1. The number of hydrogen-bond acceptors (Lipinski definition) is 4. The lowest BCUT2D eigenvalue weighted by Crippen LogP contribution is -2.15. The van der Waals surface area contributed by atoms with Crippen molar-refractivity contribution in [3.63, 3.8) is 0 Å². The van der Waals surface area contributed by atoms with Crippen molar-refractivity contribution in [3.8, 4) is 0 Å². The van der Waals surface area contributed by atoms with Crippen LogP contribution in [0.4, 0.5) is 0 Å². The van der Waals surface area contributed by atoms with Crippen molar-refractivity contribution in [1.82, 2.24) is 0 Å². The molecule has 1 aliphatic heterocycles. The third-order valence-corrected chi connectivity index (χ3v) is 3.21. The summed E-state index contributed by atoms with van der Waals surface area (Å²) in [5.41, 5.74) is 0. The molecule has 0 radical (unpaired) electrons.